The monoisotopic (exact) mass is 323 g/mol. The van der Waals surface area contributed by atoms with Gasteiger partial charge in [0.2, 0.25) is 0 Å². The molecule has 0 unspecified atom stereocenters. The number of nitrogens with one attached hydrogen (secondary N) is 1. The highest BCUT2D eigenvalue weighted by Crippen LogP contribution is 2.39. The van der Waals surface area contributed by atoms with Crippen LogP contribution in [-0.4, -0.2) is 48.9 Å². The van der Waals surface area contributed by atoms with Gasteiger partial charge in [0.25, 0.3) is 5.91 Å². The van der Waals surface area contributed by atoms with Crippen LogP contribution in [0.25, 0.3) is 0 Å². The molecule has 0 spiro atoms. The van der Waals surface area contributed by atoms with Crippen molar-refractivity contribution in [3.63, 3.8) is 0 Å². The number of hydrogen-bond acceptors (Lipinski definition) is 3. The third-order valence-corrected chi connectivity index (χ3v) is 4.08. The molecule has 0 radical (unpaired) electrons. The maximum absolute atomic E-state index is 12.3. The Hall–Kier alpha value is -1.85. The summed E-state index contributed by atoms with van der Waals surface area (Å²) in [5.41, 5.74) is 0.771. The number of ketones is 1. The lowest BCUT2D eigenvalue weighted by Gasteiger charge is -2.27. The van der Waals surface area contributed by atoms with Gasteiger partial charge in [0.05, 0.1) is 38.8 Å². The zero-order valence-electron chi connectivity index (χ0n) is 12.9. The van der Waals surface area contributed by atoms with E-state index in [4.69, 9.17) is 11.6 Å². The molecule has 0 saturated carbocycles. The molecular formula is C16H20ClN2O3+. The Bertz CT molecular complexity index is 640. The Morgan fingerprint density at radius 1 is 1.36 bits per heavy atom. The molecule has 0 bridgehead atoms. The van der Waals surface area contributed by atoms with E-state index < -0.39 is 17.7 Å². The Kier molecular flexibility index (Phi) is 4.88. The second kappa shape index (κ2) is 6.50. The molecular weight excluding hydrogens is 304 g/mol. The molecule has 2 rings (SSSR count). The summed E-state index contributed by atoms with van der Waals surface area (Å²) in [5.74, 6) is -1.31. The minimum absolute atomic E-state index is 0.117. The van der Waals surface area contributed by atoms with Gasteiger partial charge < -0.3 is 14.9 Å². The zero-order valence-corrected chi connectivity index (χ0v) is 13.6. The topological polar surface area (TPSA) is 62.0 Å². The third kappa shape index (κ3) is 3.00. The molecule has 1 aromatic carbocycles. The van der Waals surface area contributed by atoms with Crippen LogP contribution >= 0.6 is 11.6 Å². The van der Waals surface area contributed by atoms with E-state index in [9.17, 15) is 14.7 Å². The molecule has 0 saturated heterocycles. The number of aliphatic hydroxyl groups is 1. The quantitative estimate of drug-likeness (QED) is 0.841. The Balaban J connectivity index is 2.48. The Morgan fingerprint density at radius 3 is 2.55 bits per heavy atom. The van der Waals surface area contributed by atoms with Gasteiger partial charge in [-0.3, -0.25) is 9.59 Å². The number of amides is 1. The highest BCUT2D eigenvalue weighted by molar-refractivity contribution is 6.31. The van der Waals surface area contributed by atoms with Crippen molar-refractivity contribution in [3.8, 4) is 0 Å². The second-order valence-electron chi connectivity index (χ2n) is 5.70. The van der Waals surface area contributed by atoms with Crippen molar-refractivity contribution in [1.82, 2.24) is 4.90 Å². The zero-order chi connectivity index (χ0) is 16.4. The number of Topliss-reactive ketones (excluding diaryl/α,β-unsaturated/α-hetero) is 1. The SMILES string of the molecule is CC(=O)C1=C(O)C(=O)N(CC[NH+](C)C)[C@@H]1c1ccccc1Cl. The highest BCUT2D eigenvalue weighted by atomic mass is 35.5. The van der Waals surface area contributed by atoms with Crippen LogP contribution in [0, 0.1) is 0 Å². The Morgan fingerprint density at radius 2 is 2.00 bits per heavy atom. The number of carbonyl (C=O) groups is 2. The third-order valence-electron chi connectivity index (χ3n) is 3.74. The van der Waals surface area contributed by atoms with Crippen molar-refractivity contribution in [1.29, 1.82) is 0 Å². The lowest BCUT2D eigenvalue weighted by Crippen LogP contribution is -3.06. The number of benzene rings is 1. The van der Waals surface area contributed by atoms with Crippen molar-refractivity contribution in [2.75, 3.05) is 27.2 Å². The molecule has 2 N–H and O–H groups in total. The van der Waals surface area contributed by atoms with E-state index in [1.165, 1.54) is 16.7 Å². The molecule has 1 aliphatic rings. The van der Waals surface area contributed by atoms with Crippen molar-refractivity contribution in [2.45, 2.75) is 13.0 Å². The number of rotatable bonds is 5. The fraction of sp³-hybridized carbons (Fsp3) is 0.375. The van der Waals surface area contributed by atoms with Gasteiger partial charge in [-0.25, -0.2) is 0 Å². The molecule has 5 nitrogen and oxygen atoms in total. The van der Waals surface area contributed by atoms with Crippen LogP contribution in [-0.2, 0) is 9.59 Å². The fourth-order valence-electron chi connectivity index (χ4n) is 2.61. The second-order valence-corrected chi connectivity index (χ2v) is 6.11. The molecule has 0 aromatic heterocycles. The standard InChI is InChI=1S/C16H19ClN2O3/c1-10(20)13-14(11-6-4-5-7-12(11)17)19(9-8-18(2)3)16(22)15(13)21/h4-7,14,21H,8-9H2,1-3H3/p+1/t14-/m1/s1. The number of likely N-dealkylation sites (N-methyl/N-ethyl adjacent to an activating group) is 1. The molecule has 1 atom stereocenters. The van der Waals surface area contributed by atoms with Gasteiger partial charge in [-0.2, -0.15) is 0 Å². The summed E-state index contributed by atoms with van der Waals surface area (Å²) < 4.78 is 0. The van der Waals surface area contributed by atoms with Gasteiger partial charge >= 0.3 is 0 Å². The molecule has 1 aliphatic heterocycles. The highest BCUT2D eigenvalue weighted by Gasteiger charge is 2.43. The molecule has 1 amide bonds. The van der Waals surface area contributed by atoms with Gasteiger partial charge in [-0.1, -0.05) is 29.8 Å². The molecule has 118 valence electrons. The van der Waals surface area contributed by atoms with Crippen molar-refractivity contribution < 1.29 is 19.6 Å². The smallest absolute Gasteiger partial charge is 0.290 e. The molecule has 22 heavy (non-hydrogen) atoms. The normalized spacial score (nSPS) is 18.5. The van der Waals surface area contributed by atoms with Crippen LogP contribution in [0.4, 0.5) is 0 Å². The summed E-state index contributed by atoms with van der Waals surface area (Å²) in [6, 6.07) is 6.45. The average molecular weight is 324 g/mol. The van der Waals surface area contributed by atoms with Gasteiger partial charge in [-0.05, 0) is 18.6 Å². The van der Waals surface area contributed by atoms with Gasteiger partial charge in [0.1, 0.15) is 0 Å². The van der Waals surface area contributed by atoms with E-state index in [1.54, 1.807) is 24.3 Å². The van der Waals surface area contributed by atoms with Gasteiger partial charge in [0, 0.05) is 5.02 Å². The molecule has 0 aliphatic carbocycles. The first-order valence-electron chi connectivity index (χ1n) is 7.13. The number of halogens is 1. The van der Waals surface area contributed by atoms with Crippen LogP contribution in [0.15, 0.2) is 35.6 Å². The number of hydrogen-bond donors (Lipinski definition) is 2. The largest absolute Gasteiger partial charge is 0.503 e. The average Bonchev–Trinajstić information content (AvgIpc) is 2.69. The van der Waals surface area contributed by atoms with E-state index in [0.29, 0.717) is 23.7 Å². The summed E-state index contributed by atoms with van der Waals surface area (Å²) >= 11 is 6.24. The lowest BCUT2D eigenvalue weighted by molar-refractivity contribution is -0.857. The summed E-state index contributed by atoms with van der Waals surface area (Å²) in [4.78, 5) is 27.0. The summed E-state index contributed by atoms with van der Waals surface area (Å²) in [6.07, 6.45) is 0. The van der Waals surface area contributed by atoms with E-state index in [-0.39, 0.29) is 11.4 Å². The van der Waals surface area contributed by atoms with E-state index >= 15 is 0 Å². The first-order chi connectivity index (χ1) is 10.3. The minimum Gasteiger partial charge on any atom is -0.503 e. The maximum Gasteiger partial charge on any atom is 0.290 e. The van der Waals surface area contributed by atoms with Gasteiger partial charge in [-0.15, -0.1) is 0 Å². The van der Waals surface area contributed by atoms with Crippen LogP contribution in [0.2, 0.25) is 5.02 Å². The van der Waals surface area contributed by atoms with Crippen LogP contribution in [0.5, 0.6) is 0 Å². The summed E-state index contributed by atoms with van der Waals surface area (Å²) in [7, 11) is 3.95. The number of quaternary nitrogens is 1. The first-order valence-corrected chi connectivity index (χ1v) is 7.51. The predicted octanol–water partition coefficient (Wildman–Crippen LogP) is 0.769. The molecule has 1 aromatic rings. The van der Waals surface area contributed by atoms with Crippen molar-refractivity contribution in [2.24, 2.45) is 0 Å². The number of carbonyl (C=O) groups excluding carboxylic acids is 2. The van der Waals surface area contributed by atoms with E-state index in [2.05, 4.69) is 0 Å². The van der Waals surface area contributed by atoms with Gasteiger partial charge in [0.15, 0.2) is 11.5 Å². The molecule has 6 heteroatoms. The summed E-state index contributed by atoms with van der Waals surface area (Å²) in [5, 5.41) is 10.6. The predicted molar refractivity (Wildman–Crippen MR) is 83.9 cm³/mol. The molecule has 0 fully saturated rings. The first kappa shape index (κ1) is 16.5. The van der Waals surface area contributed by atoms with Crippen molar-refractivity contribution >= 4 is 23.3 Å². The molecule has 1 heterocycles. The van der Waals surface area contributed by atoms with Crippen LogP contribution in [0.3, 0.4) is 0 Å². The number of nitrogens with zero attached hydrogens (tertiary/aromatic N) is 1. The fourth-order valence-corrected chi connectivity index (χ4v) is 2.85. The number of aliphatic hydroxyl groups excluding tert-OH is 1. The van der Waals surface area contributed by atoms with Crippen LogP contribution in [0.1, 0.15) is 18.5 Å². The summed E-state index contributed by atoms with van der Waals surface area (Å²) in [6.45, 7) is 2.48. The van der Waals surface area contributed by atoms with Crippen molar-refractivity contribution in [3.05, 3.63) is 46.2 Å². The van der Waals surface area contributed by atoms with Crippen LogP contribution < -0.4 is 4.90 Å². The van der Waals surface area contributed by atoms with E-state index in [1.807, 2.05) is 14.1 Å². The Labute approximate surface area is 134 Å². The minimum atomic E-state index is -0.627. The lowest BCUT2D eigenvalue weighted by atomic mass is 9.96. The maximum atomic E-state index is 12.3. The van der Waals surface area contributed by atoms with E-state index in [0.717, 1.165) is 0 Å².